The Bertz CT molecular complexity index is 857. The Hall–Kier alpha value is -1.85. The standard InChI is InChI=1S/C18H18ClN3OS/c1-23-13-7-5-12(6-8-13)14-11-24-17-15(14)16(20-18(19)21-17)22-9-3-2-4-10-22/h5-8,11H,2-4,9-10H2,1H3. The third kappa shape index (κ3) is 2.82. The summed E-state index contributed by atoms with van der Waals surface area (Å²) in [6, 6.07) is 8.12. The van der Waals surface area contributed by atoms with Crippen molar-refractivity contribution in [2.75, 3.05) is 25.1 Å². The molecule has 124 valence electrons. The number of anilines is 1. The smallest absolute Gasteiger partial charge is 0.225 e. The van der Waals surface area contributed by atoms with Crippen LogP contribution in [-0.2, 0) is 0 Å². The number of hydrogen-bond acceptors (Lipinski definition) is 5. The van der Waals surface area contributed by atoms with Gasteiger partial charge in [-0.25, -0.2) is 4.98 Å². The van der Waals surface area contributed by atoms with Gasteiger partial charge in [-0.1, -0.05) is 12.1 Å². The predicted molar refractivity (Wildman–Crippen MR) is 100 cm³/mol. The molecule has 0 saturated carbocycles. The van der Waals surface area contributed by atoms with Crippen molar-refractivity contribution < 1.29 is 4.74 Å². The molecule has 0 amide bonds. The van der Waals surface area contributed by atoms with E-state index < -0.39 is 0 Å². The second-order valence-electron chi connectivity index (χ2n) is 5.92. The number of rotatable bonds is 3. The number of thiophene rings is 1. The van der Waals surface area contributed by atoms with Crippen LogP contribution < -0.4 is 9.64 Å². The second kappa shape index (κ2) is 6.57. The molecule has 0 spiro atoms. The van der Waals surface area contributed by atoms with Crippen molar-refractivity contribution >= 4 is 39.0 Å². The Morgan fingerprint density at radius 1 is 1.08 bits per heavy atom. The number of fused-ring (bicyclic) bond motifs is 1. The third-order valence-electron chi connectivity index (χ3n) is 4.44. The Morgan fingerprint density at radius 2 is 1.83 bits per heavy atom. The summed E-state index contributed by atoms with van der Waals surface area (Å²) < 4.78 is 5.26. The third-order valence-corrected chi connectivity index (χ3v) is 5.49. The van der Waals surface area contributed by atoms with Crippen molar-refractivity contribution in [1.29, 1.82) is 0 Å². The largest absolute Gasteiger partial charge is 0.497 e. The monoisotopic (exact) mass is 359 g/mol. The number of piperidine rings is 1. The molecule has 0 unspecified atom stereocenters. The first kappa shape index (κ1) is 15.7. The first-order valence-corrected chi connectivity index (χ1v) is 9.36. The van der Waals surface area contributed by atoms with Gasteiger partial charge in [-0.3, -0.25) is 0 Å². The zero-order chi connectivity index (χ0) is 16.5. The Balaban J connectivity index is 1.86. The zero-order valence-corrected chi connectivity index (χ0v) is 15.0. The van der Waals surface area contributed by atoms with Gasteiger partial charge in [0, 0.05) is 24.0 Å². The molecule has 1 fully saturated rings. The van der Waals surface area contributed by atoms with E-state index in [0.717, 1.165) is 46.0 Å². The molecule has 0 aliphatic carbocycles. The Labute approximate surface area is 150 Å². The van der Waals surface area contributed by atoms with E-state index in [4.69, 9.17) is 16.3 Å². The fourth-order valence-electron chi connectivity index (χ4n) is 3.22. The van der Waals surface area contributed by atoms with Gasteiger partial charge in [0.1, 0.15) is 16.4 Å². The van der Waals surface area contributed by atoms with Crippen LogP contribution in [0, 0.1) is 0 Å². The second-order valence-corrected chi connectivity index (χ2v) is 7.12. The molecule has 6 heteroatoms. The summed E-state index contributed by atoms with van der Waals surface area (Å²) >= 11 is 7.80. The lowest BCUT2D eigenvalue weighted by molar-refractivity contribution is 0.415. The van der Waals surface area contributed by atoms with Gasteiger partial charge in [0.2, 0.25) is 5.28 Å². The summed E-state index contributed by atoms with van der Waals surface area (Å²) in [6.07, 6.45) is 3.68. The average Bonchev–Trinajstić information content (AvgIpc) is 3.05. The van der Waals surface area contributed by atoms with Crippen molar-refractivity contribution in [3.63, 3.8) is 0 Å². The highest BCUT2D eigenvalue weighted by Crippen LogP contribution is 2.39. The molecule has 0 N–H and O–H groups in total. The number of methoxy groups -OCH3 is 1. The van der Waals surface area contributed by atoms with Crippen molar-refractivity contribution in [3.05, 3.63) is 34.9 Å². The molecule has 4 nitrogen and oxygen atoms in total. The minimum atomic E-state index is 0.325. The van der Waals surface area contributed by atoms with E-state index >= 15 is 0 Å². The molecule has 3 aromatic rings. The van der Waals surface area contributed by atoms with Crippen LogP contribution in [0.4, 0.5) is 5.82 Å². The van der Waals surface area contributed by atoms with E-state index in [0.29, 0.717) is 5.28 Å². The lowest BCUT2D eigenvalue weighted by Gasteiger charge is -2.28. The molecule has 1 saturated heterocycles. The van der Waals surface area contributed by atoms with Gasteiger partial charge < -0.3 is 9.64 Å². The maximum Gasteiger partial charge on any atom is 0.225 e. The predicted octanol–water partition coefficient (Wildman–Crippen LogP) is 5.01. The van der Waals surface area contributed by atoms with Crippen molar-refractivity contribution in [2.45, 2.75) is 19.3 Å². The van der Waals surface area contributed by atoms with Gasteiger partial charge >= 0.3 is 0 Å². The van der Waals surface area contributed by atoms with E-state index in [1.807, 2.05) is 12.1 Å². The molecule has 0 atom stereocenters. The van der Waals surface area contributed by atoms with Crippen LogP contribution in [0.15, 0.2) is 29.6 Å². The normalized spacial score (nSPS) is 15.0. The molecule has 1 aliphatic heterocycles. The van der Waals surface area contributed by atoms with Crippen LogP contribution in [0.3, 0.4) is 0 Å². The number of benzene rings is 1. The van der Waals surface area contributed by atoms with Crippen LogP contribution in [0.25, 0.3) is 21.3 Å². The van der Waals surface area contributed by atoms with Crippen molar-refractivity contribution in [3.8, 4) is 16.9 Å². The maximum absolute atomic E-state index is 6.18. The van der Waals surface area contributed by atoms with Gasteiger partial charge in [-0.15, -0.1) is 11.3 Å². The van der Waals surface area contributed by atoms with Crippen LogP contribution >= 0.6 is 22.9 Å². The first-order valence-electron chi connectivity index (χ1n) is 8.10. The van der Waals surface area contributed by atoms with E-state index in [-0.39, 0.29) is 0 Å². The van der Waals surface area contributed by atoms with Gasteiger partial charge in [-0.05, 0) is 48.6 Å². The lowest BCUT2D eigenvalue weighted by atomic mass is 10.0. The van der Waals surface area contributed by atoms with Gasteiger partial charge in [0.15, 0.2) is 0 Å². The minimum Gasteiger partial charge on any atom is -0.497 e. The molecule has 1 aromatic carbocycles. The van der Waals surface area contributed by atoms with Crippen LogP contribution in [-0.4, -0.2) is 30.2 Å². The SMILES string of the molecule is COc1ccc(-c2csc3nc(Cl)nc(N4CCCCC4)c23)cc1. The topological polar surface area (TPSA) is 38.3 Å². The summed E-state index contributed by atoms with van der Waals surface area (Å²) in [4.78, 5) is 12.3. The number of nitrogens with zero attached hydrogens (tertiary/aromatic N) is 3. The zero-order valence-electron chi connectivity index (χ0n) is 13.5. The van der Waals surface area contributed by atoms with Crippen molar-refractivity contribution in [2.24, 2.45) is 0 Å². The highest BCUT2D eigenvalue weighted by molar-refractivity contribution is 7.17. The van der Waals surface area contributed by atoms with Crippen LogP contribution in [0.1, 0.15) is 19.3 Å². The molecule has 24 heavy (non-hydrogen) atoms. The summed E-state index contributed by atoms with van der Waals surface area (Å²) in [5, 5.41) is 3.58. The molecule has 0 bridgehead atoms. The summed E-state index contributed by atoms with van der Waals surface area (Å²) in [7, 11) is 1.68. The van der Waals surface area contributed by atoms with Crippen LogP contribution in [0.5, 0.6) is 5.75 Å². The summed E-state index contributed by atoms with van der Waals surface area (Å²) in [5.41, 5.74) is 2.31. The fraction of sp³-hybridized carbons (Fsp3) is 0.333. The van der Waals surface area contributed by atoms with E-state index in [1.54, 1.807) is 18.4 Å². The quantitative estimate of drug-likeness (QED) is 0.616. The highest BCUT2D eigenvalue weighted by Gasteiger charge is 2.20. The van der Waals surface area contributed by atoms with Gasteiger partial charge in [-0.2, -0.15) is 4.98 Å². The number of hydrogen-bond donors (Lipinski definition) is 0. The maximum atomic E-state index is 6.18. The molecule has 0 radical (unpaired) electrons. The fourth-order valence-corrected chi connectivity index (χ4v) is 4.37. The summed E-state index contributed by atoms with van der Waals surface area (Å²) in [6.45, 7) is 2.06. The average molecular weight is 360 g/mol. The van der Waals surface area contributed by atoms with Crippen molar-refractivity contribution in [1.82, 2.24) is 9.97 Å². The van der Waals surface area contributed by atoms with E-state index in [1.165, 1.54) is 19.3 Å². The molecular weight excluding hydrogens is 342 g/mol. The number of aromatic nitrogens is 2. The number of ether oxygens (including phenoxy) is 1. The highest BCUT2D eigenvalue weighted by atomic mass is 35.5. The Morgan fingerprint density at radius 3 is 2.54 bits per heavy atom. The number of halogens is 1. The molecule has 4 rings (SSSR count). The van der Waals surface area contributed by atoms with Gasteiger partial charge in [0.25, 0.3) is 0 Å². The molecule has 1 aliphatic rings. The van der Waals surface area contributed by atoms with E-state index in [9.17, 15) is 0 Å². The minimum absolute atomic E-state index is 0.325. The van der Waals surface area contributed by atoms with E-state index in [2.05, 4.69) is 32.4 Å². The Kier molecular flexibility index (Phi) is 4.29. The molecule has 3 heterocycles. The van der Waals surface area contributed by atoms with Gasteiger partial charge in [0.05, 0.1) is 12.5 Å². The van der Waals surface area contributed by atoms with Crippen LogP contribution in [0.2, 0.25) is 5.28 Å². The molecule has 2 aromatic heterocycles. The lowest BCUT2D eigenvalue weighted by Crippen LogP contribution is -2.30. The summed E-state index contributed by atoms with van der Waals surface area (Å²) in [5.74, 6) is 1.82. The molecular formula is C18H18ClN3OS. The first-order chi connectivity index (χ1) is 11.8.